The van der Waals surface area contributed by atoms with E-state index < -0.39 is 53.0 Å². The summed E-state index contributed by atoms with van der Waals surface area (Å²) in [7, 11) is -2.24. The van der Waals surface area contributed by atoms with Crippen molar-refractivity contribution in [1.82, 2.24) is 0 Å². The number of ether oxygens (including phenoxy) is 2. The Labute approximate surface area is 190 Å². The van der Waals surface area contributed by atoms with Crippen molar-refractivity contribution in [2.24, 2.45) is 0 Å². The summed E-state index contributed by atoms with van der Waals surface area (Å²) in [5.74, 6) is -1.27. The number of nitro groups is 1. The molecule has 2 aromatic carbocycles. The van der Waals surface area contributed by atoms with Crippen molar-refractivity contribution in [1.29, 1.82) is 0 Å². The highest BCUT2D eigenvalue weighted by Crippen LogP contribution is 2.43. The van der Waals surface area contributed by atoms with E-state index in [9.17, 15) is 32.6 Å². The van der Waals surface area contributed by atoms with Crippen molar-refractivity contribution in [2.75, 3.05) is 13.7 Å². The van der Waals surface area contributed by atoms with Crippen LogP contribution in [0, 0.1) is 10.1 Å². The van der Waals surface area contributed by atoms with Gasteiger partial charge in [0.2, 0.25) is 8.03 Å². The van der Waals surface area contributed by atoms with E-state index in [2.05, 4.69) is 4.74 Å². The van der Waals surface area contributed by atoms with Crippen molar-refractivity contribution < 1.29 is 41.5 Å². The molecule has 8 nitrogen and oxygen atoms in total. The third-order valence-electron chi connectivity index (χ3n) is 4.06. The van der Waals surface area contributed by atoms with Crippen molar-refractivity contribution in [3.05, 3.63) is 55.6 Å². The van der Waals surface area contributed by atoms with Crippen molar-refractivity contribution >= 4 is 48.2 Å². The first-order valence-corrected chi connectivity index (χ1v) is 10.8. The van der Waals surface area contributed by atoms with E-state index in [-0.39, 0.29) is 28.8 Å². The topological polar surface area (TPSA) is 105 Å². The molecule has 2 rings (SSSR count). The van der Waals surface area contributed by atoms with Gasteiger partial charge >= 0.3 is 12.1 Å². The first-order valence-electron chi connectivity index (χ1n) is 8.68. The second kappa shape index (κ2) is 10.5. The molecule has 0 radical (unpaired) electrons. The van der Waals surface area contributed by atoms with E-state index in [4.69, 9.17) is 32.5 Å². The predicted molar refractivity (Wildman–Crippen MR) is 111 cm³/mol. The molecule has 0 aliphatic rings. The quantitative estimate of drug-likeness (QED) is 0.196. The predicted octanol–water partition coefficient (Wildman–Crippen LogP) is 5.56. The third-order valence-corrected chi connectivity index (χ3v) is 5.87. The Morgan fingerprint density at radius 3 is 2.25 bits per heavy atom. The average molecular weight is 516 g/mol. The Morgan fingerprint density at radius 2 is 1.78 bits per heavy atom. The van der Waals surface area contributed by atoms with E-state index in [1.807, 2.05) is 0 Å². The Hall–Kier alpha value is -2.33. The van der Waals surface area contributed by atoms with Crippen LogP contribution in [0.3, 0.4) is 0 Å². The molecule has 0 fully saturated rings. The fourth-order valence-electron chi connectivity index (χ4n) is 2.49. The minimum Gasteiger partial charge on any atom is -0.467 e. The zero-order valence-electron chi connectivity index (χ0n) is 16.4. The molecule has 1 atom stereocenters. The van der Waals surface area contributed by atoms with Gasteiger partial charge in [-0.15, -0.1) is 0 Å². The van der Waals surface area contributed by atoms with Crippen LogP contribution in [-0.2, 0) is 31.2 Å². The van der Waals surface area contributed by atoms with Gasteiger partial charge in [-0.1, -0.05) is 30.1 Å². The van der Waals surface area contributed by atoms with Gasteiger partial charge in [0, 0.05) is 17.7 Å². The Morgan fingerprint density at radius 1 is 1.19 bits per heavy atom. The van der Waals surface area contributed by atoms with Crippen LogP contribution in [0.4, 0.5) is 18.9 Å². The summed E-state index contributed by atoms with van der Waals surface area (Å²) < 4.78 is 66.2. The maximum absolute atomic E-state index is 12.9. The molecule has 0 spiro atoms. The molecule has 0 amide bonds. The van der Waals surface area contributed by atoms with E-state index in [0.717, 1.165) is 19.2 Å². The Kier molecular flexibility index (Phi) is 8.53. The van der Waals surface area contributed by atoms with Crippen LogP contribution in [0.1, 0.15) is 18.1 Å². The zero-order valence-corrected chi connectivity index (χ0v) is 18.9. The number of carbonyl (C=O) groups excluding carboxylic acids is 1. The maximum atomic E-state index is 12.9. The summed E-state index contributed by atoms with van der Waals surface area (Å²) >= 11 is 11.8. The molecule has 1 unspecified atom stereocenters. The normalized spacial score (nSPS) is 12.3. The van der Waals surface area contributed by atoms with Crippen LogP contribution in [0.25, 0.3) is 0 Å². The number of esters is 1. The minimum atomic E-state index is -4.70. The number of nitrogens with zero attached hydrogens (tertiary/aromatic N) is 1. The Bertz CT molecular complexity index is 1060. The molecule has 0 aliphatic carbocycles. The van der Waals surface area contributed by atoms with Crippen molar-refractivity contribution in [2.45, 2.75) is 19.5 Å². The number of aryl methyl sites for hydroxylation is 1. The number of benzene rings is 2. The van der Waals surface area contributed by atoms with E-state index in [1.54, 1.807) is 6.92 Å². The number of rotatable bonds is 8. The lowest BCUT2D eigenvalue weighted by Crippen LogP contribution is -2.12. The zero-order chi connectivity index (χ0) is 24.2. The fraction of sp³-hybridized carbons (Fsp3) is 0.278. The van der Waals surface area contributed by atoms with Crippen LogP contribution in [0.5, 0.6) is 11.5 Å². The second-order valence-corrected chi connectivity index (χ2v) is 8.33. The Balaban J connectivity index is 2.53. The number of alkyl halides is 3. The summed E-state index contributed by atoms with van der Waals surface area (Å²) in [6.45, 7) is 0.923. The standard InChI is InChI=1S/C18H15Cl2F3NO7P/c1-3-9-4-13(24(26)27)15(32(28)30-8-16(25)29-2)7-14(9)31-17-11(19)5-10(6-12(17)20)18(21,22)23/h4-7,32H,3,8H2,1-2H3. The molecule has 0 N–H and O–H groups in total. The molecule has 0 bridgehead atoms. The van der Waals surface area contributed by atoms with Gasteiger partial charge in [-0.05, 0) is 18.6 Å². The summed E-state index contributed by atoms with van der Waals surface area (Å²) in [6, 6.07) is 3.35. The molecule has 0 aliphatic heterocycles. The van der Waals surface area contributed by atoms with Gasteiger partial charge in [0.25, 0.3) is 5.69 Å². The first kappa shape index (κ1) is 25.9. The number of halogens is 5. The lowest BCUT2D eigenvalue weighted by Gasteiger charge is -2.16. The molecule has 14 heteroatoms. The SMILES string of the molecule is CCc1cc([N+](=O)[O-])c([PH](=O)OCC(=O)OC)cc1Oc1c(Cl)cc(C(F)(F)F)cc1Cl. The molecule has 0 heterocycles. The van der Waals surface area contributed by atoms with Crippen LogP contribution < -0.4 is 10.0 Å². The highest BCUT2D eigenvalue weighted by Gasteiger charge is 2.32. The summed E-state index contributed by atoms with van der Waals surface area (Å²) in [6.07, 6.45) is -4.49. The van der Waals surface area contributed by atoms with Gasteiger partial charge < -0.3 is 14.0 Å². The van der Waals surface area contributed by atoms with Crippen molar-refractivity contribution in [3.8, 4) is 11.5 Å². The van der Waals surface area contributed by atoms with Gasteiger partial charge in [0.05, 0.1) is 27.6 Å². The van der Waals surface area contributed by atoms with E-state index in [0.29, 0.717) is 12.1 Å². The molecular formula is C18H15Cl2F3NO7P. The highest BCUT2D eigenvalue weighted by molar-refractivity contribution is 7.48. The largest absolute Gasteiger partial charge is 0.467 e. The van der Waals surface area contributed by atoms with Crippen LogP contribution in [0.15, 0.2) is 24.3 Å². The summed E-state index contributed by atoms with van der Waals surface area (Å²) in [5, 5.41) is 10.2. The molecule has 174 valence electrons. The van der Waals surface area contributed by atoms with Gasteiger partial charge in [0.1, 0.15) is 11.1 Å². The van der Waals surface area contributed by atoms with Crippen LogP contribution >= 0.6 is 31.2 Å². The number of hydrogen-bond donors (Lipinski definition) is 0. The van der Waals surface area contributed by atoms with Gasteiger partial charge in [-0.25, -0.2) is 4.79 Å². The first-order chi connectivity index (χ1) is 14.9. The van der Waals surface area contributed by atoms with Gasteiger partial charge in [-0.3, -0.25) is 14.7 Å². The molecule has 2 aromatic rings. The number of methoxy groups -OCH3 is 1. The van der Waals surface area contributed by atoms with Crippen LogP contribution in [-0.4, -0.2) is 24.6 Å². The summed E-state index contributed by atoms with van der Waals surface area (Å²) in [5.41, 5.74) is -1.39. The monoisotopic (exact) mass is 515 g/mol. The fourth-order valence-corrected chi connectivity index (χ4v) is 4.08. The summed E-state index contributed by atoms with van der Waals surface area (Å²) in [4.78, 5) is 21.9. The molecule has 32 heavy (non-hydrogen) atoms. The molecule has 0 saturated heterocycles. The average Bonchev–Trinajstić information content (AvgIpc) is 2.72. The lowest BCUT2D eigenvalue weighted by molar-refractivity contribution is -0.383. The maximum Gasteiger partial charge on any atom is 0.416 e. The number of hydrogen-bond acceptors (Lipinski definition) is 7. The number of carbonyl (C=O) groups is 1. The molecule has 0 aromatic heterocycles. The number of nitro benzene ring substituents is 1. The molecular weight excluding hydrogens is 501 g/mol. The van der Waals surface area contributed by atoms with E-state index >= 15 is 0 Å². The lowest BCUT2D eigenvalue weighted by atomic mass is 10.1. The van der Waals surface area contributed by atoms with Crippen molar-refractivity contribution in [3.63, 3.8) is 0 Å². The van der Waals surface area contributed by atoms with Gasteiger partial charge in [0.15, 0.2) is 12.4 Å². The second-order valence-electron chi connectivity index (χ2n) is 6.11. The third kappa shape index (κ3) is 6.13. The van der Waals surface area contributed by atoms with Crippen LogP contribution in [0.2, 0.25) is 10.0 Å². The van der Waals surface area contributed by atoms with Gasteiger partial charge in [-0.2, -0.15) is 13.2 Å². The molecule has 0 saturated carbocycles. The smallest absolute Gasteiger partial charge is 0.416 e. The van der Waals surface area contributed by atoms with E-state index in [1.165, 1.54) is 0 Å². The minimum absolute atomic E-state index is 0.0864. The highest BCUT2D eigenvalue weighted by atomic mass is 35.5.